The molecule has 2 nitrogen and oxygen atoms in total. The van der Waals surface area contributed by atoms with E-state index in [4.69, 9.17) is 0 Å². The molecule has 0 unspecified atom stereocenters. The normalized spacial score (nSPS) is 10.0. The molecule has 0 aliphatic carbocycles. The van der Waals surface area contributed by atoms with Crippen molar-refractivity contribution in [2.75, 3.05) is 5.75 Å². The molecule has 0 saturated carbocycles. The van der Waals surface area contributed by atoms with Crippen molar-refractivity contribution in [3.63, 3.8) is 0 Å². The summed E-state index contributed by atoms with van der Waals surface area (Å²) in [6, 6.07) is 6.14. The van der Waals surface area contributed by atoms with Gasteiger partial charge in [0, 0.05) is 30.2 Å². The van der Waals surface area contributed by atoms with Gasteiger partial charge in [-0.15, -0.1) is 0 Å². The number of benzene rings is 1. The fourth-order valence-corrected chi connectivity index (χ4v) is 1.55. The van der Waals surface area contributed by atoms with Crippen molar-refractivity contribution < 1.29 is 0 Å². The number of thiol groups is 1. The van der Waals surface area contributed by atoms with E-state index in [9.17, 15) is 0 Å². The van der Waals surface area contributed by atoms with Crippen LogP contribution in [0.25, 0.3) is 10.9 Å². The fraction of sp³-hybridized carbons (Fsp3) is 0.250. The minimum Gasteiger partial charge on any atom is -0.268 e. The second kappa shape index (κ2) is 4.41. The second-order valence-corrected chi connectivity index (χ2v) is 3.76. The molecule has 0 aliphatic rings. The molecule has 0 saturated heterocycles. The molecule has 0 spiro atoms. The van der Waals surface area contributed by atoms with Crippen LogP contribution in [0.4, 0.5) is 0 Å². The van der Waals surface area contributed by atoms with Gasteiger partial charge in [-0.1, -0.05) is 11.8 Å². The number of nitrogens with zero attached hydrogens (tertiary/aromatic N) is 2. The van der Waals surface area contributed by atoms with E-state index in [0.29, 0.717) is 0 Å². The molecule has 0 aliphatic heterocycles. The van der Waals surface area contributed by atoms with Gasteiger partial charge in [0.05, 0.1) is 11.7 Å². The number of rotatable bonds is 1. The molecule has 0 atom stereocenters. The smallest absolute Gasteiger partial charge is 0.0691 e. The van der Waals surface area contributed by atoms with Crippen LogP contribution in [0.1, 0.15) is 12.0 Å². The Bertz CT molecular complexity index is 531. The van der Waals surface area contributed by atoms with Crippen molar-refractivity contribution in [2.45, 2.75) is 6.42 Å². The van der Waals surface area contributed by atoms with Gasteiger partial charge in [0.15, 0.2) is 0 Å². The van der Waals surface area contributed by atoms with E-state index in [-0.39, 0.29) is 0 Å². The van der Waals surface area contributed by atoms with Crippen molar-refractivity contribution in [3.8, 4) is 11.8 Å². The van der Waals surface area contributed by atoms with E-state index in [1.807, 2.05) is 30.1 Å². The maximum Gasteiger partial charge on any atom is 0.0691 e. The largest absolute Gasteiger partial charge is 0.268 e. The quantitative estimate of drug-likeness (QED) is 0.572. The number of hydrogen-bond donors (Lipinski definition) is 1. The maximum atomic E-state index is 4.19. The molecule has 0 bridgehead atoms. The van der Waals surface area contributed by atoms with Crippen molar-refractivity contribution in [1.82, 2.24) is 9.78 Å². The van der Waals surface area contributed by atoms with E-state index in [2.05, 4.69) is 35.6 Å². The lowest BCUT2D eigenvalue weighted by Crippen LogP contribution is -1.88. The average molecular weight is 216 g/mol. The van der Waals surface area contributed by atoms with Crippen LogP contribution < -0.4 is 0 Å². The Hall–Kier alpha value is -1.40. The van der Waals surface area contributed by atoms with Gasteiger partial charge in [-0.3, -0.25) is 4.68 Å². The van der Waals surface area contributed by atoms with Crippen molar-refractivity contribution in [3.05, 3.63) is 30.0 Å². The third-order valence-electron chi connectivity index (χ3n) is 2.22. The molecule has 1 heterocycles. The Kier molecular flexibility index (Phi) is 2.98. The van der Waals surface area contributed by atoms with Crippen LogP contribution in [0.3, 0.4) is 0 Å². The Balaban J connectivity index is 2.38. The highest BCUT2D eigenvalue weighted by Gasteiger charge is 1.98. The Morgan fingerprint density at radius 2 is 2.33 bits per heavy atom. The van der Waals surface area contributed by atoms with Gasteiger partial charge in [0.25, 0.3) is 0 Å². The summed E-state index contributed by atoms with van der Waals surface area (Å²) in [6.07, 6.45) is 2.69. The predicted molar refractivity (Wildman–Crippen MR) is 66.1 cm³/mol. The number of aryl methyl sites for hydroxylation is 1. The molecule has 0 N–H and O–H groups in total. The van der Waals surface area contributed by atoms with E-state index in [1.165, 1.54) is 0 Å². The molecule has 0 radical (unpaired) electrons. The monoisotopic (exact) mass is 216 g/mol. The molecule has 0 amide bonds. The predicted octanol–water partition coefficient (Wildman–Crippen LogP) is 2.24. The SMILES string of the molecule is Cn1ncc2ccc(C#CCCS)cc21. The van der Waals surface area contributed by atoms with Crippen molar-refractivity contribution >= 4 is 23.5 Å². The van der Waals surface area contributed by atoms with Gasteiger partial charge in [0.1, 0.15) is 0 Å². The second-order valence-electron chi connectivity index (χ2n) is 3.32. The van der Waals surface area contributed by atoms with E-state index in [0.717, 1.165) is 28.6 Å². The van der Waals surface area contributed by atoms with Crippen LogP contribution in [0, 0.1) is 11.8 Å². The zero-order chi connectivity index (χ0) is 10.7. The maximum absolute atomic E-state index is 4.19. The van der Waals surface area contributed by atoms with Crippen molar-refractivity contribution in [2.24, 2.45) is 7.05 Å². The Morgan fingerprint density at radius 3 is 3.13 bits per heavy atom. The first kappa shape index (κ1) is 10.1. The molecule has 1 aromatic carbocycles. The molecule has 1 aromatic heterocycles. The standard InChI is InChI=1S/C12H12N2S/c1-14-12-8-10(4-2-3-7-15)5-6-11(12)9-13-14/h5-6,8-9,15H,3,7H2,1H3. The highest BCUT2D eigenvalue weighted by Crippen LogP contribution is 2.13. The number of fused-ring (bicyclic) bond motifs is 1. The van der Waals surface area contributed by atoms with E-state index >= 15 is 0 Å². The lowest BCUT2D eigenvalue weighted by molar-refractivity contribution is 0.797. The summed E-state index contributed by atoms with van der Waals surface area (Å²) in [5, 5.41) is 5.34. The summed E-state index contributed by atoms with van der Waals surface area (Å²) < 4.78 is 1.86. The van der Waals surface area contributed by atoms with Gasteiger partial charge < -0.3 is 0 Å². The van der Waals surface area contributed by atoms with Crippen LogP contribution in [-0.4, -0.2) is 15.5 Å². The molecule has 0 fully saturated rings. The highest BCUT2D eigenvalue weighted by molar-refractivity contribution is 7.80. The molecular weight excluding hydrogens is 204 g/mol. The summed E-state index contributed by atoms with van der Waals surface area (Å²) in [6.45, 7) is 0. The first-order valence-corrected chi connectivity index (χ1v) is 5.46. The van der Waals surface area contributed by atoms with Crippen molar-refractivity contribution in [1.29, 1.82) is 0 Å². The zero-order valence-corrected chi connectivity index (χ0v) is 9.46. The van der Waals surface area contributed by atoms with Crippen LogP contribution in [0.2, 0.25) is 0 Å². The first-order valence-electron chi connectivity index (χ1n) is 4.83. The van der Waals surface area contributed by atoms with Gasteiger partial charge in [0.2, 0.25) is 0 Å². The molecular formula is C12H12N2S. The third-order valence-corrected chi connectivity index (χ3v) is 2.44. The summed E-state index contributed by atoms with van der Waals surface area (Å²) >= 11 is 4.12. The first-order chi connectivity index (χ1) is 7.31. The van der Waals surface area contributed by atoms with Gasteiger partial charge in [-0.2, -0.15) is 17.7 Å². The average Bonchev–Trinajstić information content (AvgIpc) is 2.61. The minimum absolute atomic E-state index is 0.807. The van der Waals surface area contributed by atoms with Crippen LogP contribution in [-0.2, 0) is 7.05 Å². The third kappa shape index (κ3) is 2.16. The highest BCUT2D eigenvalue weighted by atomic mass is 32.1. The fourth-order valence-electron chi connectivity index (χ4n) is 1.44. The Morgan fingerprint density at radius 1 is 1.47 bits per heavy atom. The summed E-state index contributed by atoms with van der Waals surface area (Å²) in [5.74, 6) is 6.99. The van der Waals surface area contributed by atoms with Gasteiger partial charge >= 0.3 is 0 Å². The van der Waals surface area contributed by atoms with E-state index in [1.54, 1.807) is 0 Å². The summed E-state index contributed by atoms with van der Waals surface area (Å²) in [7, 11) is 1.94. The minimum atomic E-state index is 0.807. The molecule has 76 valence electrons. The van der Waals surface area contributed by atoms with E-state index < -0.39 is 0 Å². The van der Waals surface area contributed by atoms with Gasteiger partial charge in [-0.05, 0) is 18.2 Å². The van der Waals surface area contributed by atoms with Crippen LogP contribution in [0.15, 0.2) is 24.4 Å². The molecule has 2 rings (SSSR count). The number of aromatic nitrogens is 2. The molecule has 15 heavy (non-hydrogen) atoms. The number of hydrogen-bond acceptors (Lipinski definition) is 2. The lowest BCUT2D eigenvalue weighted by Gasteiger charge is -1.94. The van der Waals surface area contributed by atoms with Crippen LogP contribution in [0.5, 0.6) is 0 Å². The van der Waals surface area contributed by atoms with Crippen LogP contribution >= 0.6 is 12.6 Å². The van der Waals surface area contributed by atoms with Gasteiger partial charge in [-0.25, -0.2) is 0 Å². The summed E-state index contributed by atoms with van der Waals surface area (Å²) in [5.41, 5.74) is 2.15. The molecule has 2 aromatic rings. The summed E-state index contributed by atoms with van der Waals surface area (Å²) in [4.78, 5) is 0. The lowest BCUT2D eigenvalue weighted by atomic mass is 10.1. The topological polar surface area (TPSA) is 17.8 Å². The molecule has 3 heteroatoms. The Labute approximate surface area is 94.7 Å². The zero-order valence-electron chi connectivity index (χ0n) is 8.57.